The molecule has 1 aromatic heterocycles. The zero-order chi connectivity index (χ0) is 15.1. The molecular formula is C15H17N3O3. The van der Waals surface area contributed by atoms with Crippen LogP contribution in [-0.4, -0.2) is 24.6 Å². The highest BCUT2D eigenvalue weighted by Crippen LogP contribution is 2.22. The smallest absolute Gasteiger partial charge is 0.262 e. The number of carbonyl (C=O) groups is 1. The topological polar surface area (TPSA) is 86.5 Å². The molecular weight excluding hydrogens is 270 g/mol. The molecule has 0 unspecified atom stereocenters. The van der Waals surface area contributed by atoms with Gasteiger partial charge in [0.15, 0.2) is 6.61 Å². The molecule has 21 heavy (non-hydrogen) atoms. The fraction of sp³-hybridized carbons (Fsp3) is 0.200. The van der Waals surface area contributed by atoms with Crippen LogP contribution in [-0.2, 0) is 11.3 Å². The lowest BCUT2D eigenvalue weighted by molar-refractivity contribution is -0.118. The van der Waals surface area contributed by atoms with Crippen molar-refractivity contribution in [2.75, 3.05) is 19.0 Å². The van der Waals surface area contributed by atoms with Gasteiger partial charge in [-0.1, -0.05) is 12.1 Å². The minimum atomic E-state index is -0.276. The summed E-state index contributed by atoms with van der Waals surface area (Å²) in [6.07, 6.45) is 1.54. The quantitative estimate of drug-likeness (QED) is 0.842. The van der Waals surface area contributed by atoms with Crippen LogP contribution in [0.15, 0.2) is 42.6 Å². The monoisotopic (exact) mass is 287 g/mol. The van der Waals surface area contributed by atoms with Gasteiger partial charge >= 0.3 is 0 Å². The molecule has 0 spiro atoms. The number of methoxy groups -OCH3 is 1. The van der Waals surface area contributed by atoms with Crippen molar-refractivity contribution < 1.29 is 14.3 Å². The predicted molar refractivity (Wildman–Crippen MR) is 79.2 cm³/mol. The van der Waals surface area contributed by atoms with Crippen LogP contribution in [0.3, 0.4) is 0 Å². The number of pyridine rings is 1. The minimum Gasteiger partial charge on any atom is -0.495 e. The second-order valence-corrected chi connectivity index (χ2v) is 4.23. The molecule has 1 amide bonds. The number of nitrogens with one attached hydrogen (secondary N) is 1. The van der Waals surface area contributed by atoms with Crippen molar-refractivity contribution in [1.29, 1.82) is 0 Å². The summed E-state index contributed by atoms with van der Waals surface area (Å²) in [5.41, 5.74) is 6.82. The first-order chi connectivity index (χ1) is 10.2. The average molecular weight is 287 g/mol. The molecule has 6 heteroatoms. The molecule has 0 aliphatic rings. The number of rotatable bonds is 6. The third-order valence-corrected chi connectivity index (χ3v) is 2.76. The van der Waals surface area contributed by atoms with Crippen molar-refractivity contribution >= 4 is 11.6 Å². The van der Waals surface area contributed by atoms with Crippen molar-refractivity contribution in [2.45, 2.75) is 6.54 Å². The number of carbonyl (C=O) groups excluding carboxylic acids is 1. The van der Waals surface area contributed by atoms with E-state index in [0.717, 1.165) is 5.69 Å². The first kappa shape index (κ1) is 14.8. The molecule has 0 aliphatic carbocycles. The fourth-order valence-corrected chi connectivity index (χ4v) is 1.70. The molecule has 0 atom stereocenters. The van der Waals surface area contributed by atoms with Gasteiger partial charge in [0.1, 0.15) is 11.5 Å². The number of hydrogen-bond donors (Lipinski definition) is 2. The SMILES string of the molecule is COc1ccccc1NC(=O)COc1ccc(CN)nc1. The summed E-state index contributed by atoms with van der Waals surface area (Å²) < 4.78 is 10.5. The molecule has 1 heterocycles. The summed E-state index contributed by atoms with van der Waals surface area (Å²) in [6.45, 7) is 0.260. The van der Waals surface area contributed by atoms with Crippen LogP contribution in [0.2, 0.25) is 0 Å². The second-order valence-electron chi connectivity index (χ2n) is 4.23. The van der Waals surface area contributed by atoms with Crippen molar-refractivity contribution in [3.05, 3.63) is 48.3 Å². The number of hydrogen-bond acceptors (Lipinski definition) is 5. The van der Waals surface area contributed by atoms with Crippen LogP contribution < -0.4 is 20.5 Å². The van der Waals surface area contributed by atoms with E-state index in [1.165, 1.54) is 0 Å². The Hall–Kier alpha value is -2.60. The van der Waals surface area contributed by atoms with Crippen molar-refractivity contribution in [3.63, 3.8) is 0 Å². The Balaban J connectivity index is 1.89. The van der Waals surface area contributed by atoms with Gasteiger partial charge in [-0.2, -0.15) is 0 Å². The van der Waals surface area contributed by atoms with Crippen LogP contribution in [0, 0.1) is 0 Å². The molecule has 110 valence electrons. The molecule has 0 bridgehead atoms. The fourth-order valence-electron chi connectivity index (χ4n) is 1.70. The molecule has 6 nitrogen and oxygen atoms in total. The Bertz CT molecular complexity index is 599. The lowest BCUT2D eigenvalue weighted by atomic mass is 10.3. The highest BCUT2D eigenvalue weighted by Gasteiger charge is 2.07. The zero-order valence-electron chi connectivity index (χ0n) is 11.7. The highest BCUT2D eigenvalue weighted by atomic mass is 16.5. The van der Waals surface area contributed by atoms with Crippen LogP contribution in [0.4, 0.5) is 5.69 Å². The standard InChI is InChI=1S/C15H17N3O3/c1-20-14-5-3-2-4-13(14)18-15(19)10-21-12-7-6-11(8-16)17-9-12/h2-7,9H,8,10,16H2,1H3,(H,18,19). The van der Waals surface area contributed by atoms with Gasteiger partial charge in [-0.05, 0) is 24.3 Å². The minimum absolute atomic E-state index is 0.109. The van der Waals surface area contributed by atoms with Gasteiger partial charge in [-0.25, -0.2) is 0 Å². The summed E-state index contributed by atoms with van der Waals surface area (Å²) in [7, 11) is 1.55. The van der Waals surface area contributed by atoms with Crippen LogP contribution in [0.25, 0.3) is 0 Å². The molecule has 0 fully saturated rings. The first-order valence-corrected chi connectivity index (χ1v) is 6.43. The Morgan fingerprint density at radius 1 is 1.29 bits per heavy atom. The summed E-state index contributed by atoms with van der Waals surface area (Å²) in [4.78, 5) is 15.9. The molecule has 0 radical (unpaired) electrons. The van der Waals surface area contributed by atoms with E-state index in [4.69, 9.17) is 15.2 Å². The average Bonchev–Trinajstić information content (AvgIpc) is 2.54. The number of anilines is 1. The van der Waals surface area contributed by atoms with Crippen molar-refractivity contribution in [2.24, 2.45) is 5.73 Å². The molecule has 0 saturated carbocycles. The van der Waals surface area contributed by atoms with Crippen LogP contribution in [0.5, 0.6) is 11.5 Å². The Morgan fingerprint density at radius 3 is 2.76 bits per heavy atom. The maximum Gasteiger partial charge on any atom is 0.262 e. The number of para-hydroxylation sites is 2. The molecule has 0 saturated heterocycles. The molecule has 2 rings (SSSR count). The maximum absolute atomic E-state index is 11.8. The Labute approximate surface area is 122 Å². The van der Waals surface area contributed by atoms with Gasteiger partial charge in [-0.3, -0.25) is 9.78 Å². The lowest BCUT2D eigenvalue weighted by Gasteiger charge is -2.10. The van der Waals surface area contributed by atoms with E-state index in [0.29, 0.717) is 23.7 Å². The molecule has 1 aromatic carbocycles. The summed E-state index contributed by atoms with van der Waals surface area (Å²) in [6, 6.07) is 10.7. The normalized spacial score (nSPS) is 10.0. The van der Waals surface area contributed by atoms with E-state index in [1.807, 2.05) is 12.1 Å². The predicted octanol–water partition coefficient (Wildman–Crippen LogP) is 1.57. The summed E-state index contributed by atoms with van der Waals surface area (Å²) in [5.74, 6) is 0.838. The molecule has 2 aromatic rings. The van der Waals surface area contributed by atoms with E-state index in [9.17, 15) is 4.79 Å². The Morgan fingerprint density at radius 2 is 2.10 bits per heavy atom. The zero-order valence-corrected chi connectivity index (χ0v) is 11.7. The summed E-state index contributed by atoms with van der Waals surface area (Å²) >= 11 is 0. The number of amides is 1. The van der Waals surface area contributed by atoms with Crippen LogP contribution in [0.1, 0.15) is 5.69 Å². The number of nitrogens with two attached hydrogens (primary N) is 1. The van der Waals surface area contributed by atoms with Crippen molar-refractivity contribution in [3.8, 4) is 11.5 Å². The third-order valence-electron chi connectivity index (χ3n) is 2.76. The highest BCUT2D eigenvalue weighted by molar-refractivity contribution is 5.93. The van der Waals surface area contributed by atoms with Gasteiger partial charge in [0.2, 0.25) is 0 Å². The molecule has 0 aliphatic heterocycles. The van der Waals surface area contributed by atoms with E-state index < -0.39 is 0 Å². The lowest BCUT2D eigenvalue weighted by Crippen LogP contribution is -2.20. The number of aromatic nitrogens is 1. The van der Waals surface area contributed by atoms with Crippen LogP contribution >= 0.6 is 0 Å². The second kappa shape index (κ2) is 7.25. The number of benzene rings is 1. The van der Waals surface area contributed by atoms with Gasteiger partial charge in [0, 0.05) is 6.54 Å². The van der Waals surface area contributed by atoms with E-state index in [1.54, 1.807) is 37.6 Å². The number of nitrogens with zero attached hydrogens (tertiary/aromatic N) is 1. The van der Waals surface area contributed by atoms with Gasteiger partial charge in [0.05, 0.1) is 24.7 Å². The Kier molecular flexibility index (Phi) is 5.11. The van der Waals surface area contributed by atoms with E-state index in [-0.39, 0.29) is 12.5 Å². The van der Waals surface area contributed by atoms with Gasteiger partial charge < -0.3 is 20.5 Å². The number of ether oxygens (including phenoxy) is 2. The van der Waals surface area contributed by atoms with Crippen molar-refractivity contribution in [1.82, 2.24) is 4.98 Å². The molecule has 3 N–H and O–H groups in total. The van der Waals surface area contributed by atoms with E-state index in [2.05, 4.69) is 10.3 Å². The first-order valence-electron chi connectivity index (χ1n) is 6.43. The maximum atomic E-state index is 11.8. The largest absolute Gasteiger partial charge is 0.495 e. The third kappa shape index (κ3) is 4.19. The van der Waals surface area contributed by atoms with E-state index >= 15 is 0 Å². The summed E-state index contributed by atoms with van der Waals surface area (Å²) in [5, 5.41) is 2.72. The van der Waals surface area contributed by atoms with Gasteiger partial charge in [0.25, 0.3) is 5.91 Å². The van der Waals surface area contributed by atoms with Gasteiger partial charge in [-0.15, -0.1) is 0 Å².